The molecule has 0 fully saturated rings. The van der Waals surface area contributed by atoms with Crippen LogP contribution in [0.15, 0.2) is 206 Å². The van der Waals surface area contributed by atoms with E-state index >= 15 is 0 Å². The van der Waals surface area contributed by atoms with Crippen LogP contribution in [-0.4, -0.2) is 0 Å². The molecule has 0 bridgehead atoms. The SMILES string of the molecule is Cc1cc(C)cc(-c2cc(-c3ccc(-c4ccccc4)c4ccccc34)c3ccc4c(-c5cc(C)cc(C)c5)cc(-c5ccc(-c6ccccc6)c6ccccc56)c5ccc2c3c45)c1. The molecule has 0 radical (unpaired) electrons. The lowest BCUT2D eigenvalue weighted by molar-refractivity contribution is 1.39. The zero-order valence-corrected chi connectivity index (χ0v) is 36.6. The molecule has 0 saturated heterocycles. The third-order valence-electron chi connectivity index (χ3n) is 13.6. The number of aryl methyl sites for hydroxylation is 4. The van der Waals surface area contributed by atoms with Gasteiger partial charge in [0.15, 0.2) is 0 Å². The minimum absolute atomic E-state index is 1.23. The summed E-state index contributed by atoms with van der Waals surface area (Å²) in [7, 11) is 0. The Balaban J connectivity index is 1.24. The van der Waals surface area contributed by atoms with E-state index in [0.717, 1.165) is 0 Å². The Bertz CT molecular complexity index is 3500. The van der Waals surface area contributed by atoms with E-state index < -0.39 is 0 Å². The van der Waals surface area contributed by atoms with Crippen molar-refractivity contribution >= 4 is 53.9 Å². The maximum Gasteiger partial charge on any atom is -0.00139 e. The zero-order valence-electron chi connectivity index (χ0n) is 36.6. The monoisotopic (exact) mass is 814 g/mol. The predicted molar refractivity (Wildman–Crippen MR) is 277 cm³/mol. The van der Waals surface area contributed by atoms with Gasteiger partial charge in [-0.2, -0.15) is 0 Å². The highest BCUT2D eigenvalue weighted by molar-refractivity contribution is 6.33. The molecule has 302 valence electrons. The van der Waals surface area contributed by atoms with Crippen molar-refractivity contribution in [2.75, 3.05) is 0 Å². The Hall–Kier alpha value is -7.80. The largest absolute Gasteiger partial charge is 0.0622 e. The molecule has 0 aliphatic carbocycles. The molecule has 0 aliphatic heterocycles. The quantitative estimate of drug-likeness (QED) is 0.147. The average molecular weight is 815 g/mol. The van der Waals surface area contributed by atoms with Crippen molar-refractivity contribution in [2.24, 2.45) is 0 Å². The zero-order chi connectivity index (χ0) is 43.1. The highest BCUT2D eigenvalue weighted by Gasteiger charge is 2.23. The number of benzene rings is 12. The average Bonchev–Trinajstić information content (AvgIpc) is 3.32. The van der Waals surface area contributed by atoms with Crippen molar-refractivity contribution < 1.29 is 0 Å². The van der Waals surface area contributed by atoms with Gasteiger partial charge in [-0.3, -0.25) is 0 Å². The first kappa shape index (κ1) is 37.9. The van der Waals surface area contributed by atoms with Crippen LogP contribution in [0.1, 0.15) is 22.3 Å². The Morgan fingerprint density at radius 3 is 0.844 bits per heavy atom. The van der Waals surface area contributed by atoms with E-state index in [1.807, 2.05) is 0 Å². The fourth-order valence-electron chi connectivity index (χ4n) is 11.0. The first-order valence-corrected chi connectivity index (χ1v) is 22.5. The van der Waals surface area contributed by atoms with Gasteiger partial charge in [0.25, 0.3) is 0 Å². The summed E-state index contributed by atoms with van der Waals surface area (Å²) in [6, 6.07) is 77.6. The third-order valence-corrected chi connectivity index (χ3v) is 13.6. The molecule has 12 aromatic carbocycles. The summed E-state index contributed by atoms with van der Waals surface area (Å²) >= 11 is 0. The van der Waals surface area contributed by atoms with Gasteiger partial charge in [-0.05, 0) is 160 Å². The third kappa shape index (κ3) is 6.13. The van der Waals surface area contributed by atoms with E-state index in [4.69, 9.17) is 0 Å². The summed E-state index contributed by atoms with van der Waals surface area (Å²) in [5.41, 5.74) is 20.1. The second-order valence-corrected chi connectivity index (χ2v) is 17.9. The van der Waals surface area contributed by atoms with Crippen LogP contribution in [0.3, 0.4) is 0 Å². The lowest BCUT2D eigenvalue weighted by Crippen LogP contribution is -1.96. The lowest BCUT2D eigenvalue weighted by Gasteiger charge is -2.23. The van der Waals surface area contributed by atoms with Crippen molar-refractivity contribution in [3.8, 4) is 66.8 Å². The van der Waals surface area contributed by atoms with Gasteiger partial charge in [-0.1, -0.05) is 216 Å². The first-order chi connectivity index (χ1) is 31.4. The van der Waals surface area contributed by atoms with Crippen molar-refractivity contribution in [3.05, 3.63) is 229 Å². The predicted octanol–water partition coefficient (Wildman–Crippen LogP) is 18.1. The van der Waals surface area contributed by atoms with Gasteiger partial charge in [0.2, 0.25) is 0 Å². The summed E-state index contributed by atoms with van der Waals surface area (Å²) in [4.78, 5) is 0. The molecular weight excluding hydrogens is 769 g/mol. The second kappa shape index (κ2) is 14.9. The van der Waals surface area contributed by atoms with Crippen LogP contribution >= 0.6 is 0 Å². The standard InChI is InChI=1S/C64H46/c1-39-31-40(2)34-45(33-39)59-37-61(53-25-23-47(43-15-7-5-8-16-43)49-19-11-13-21-51(49)53)57-30-28-56-60(46-35-41(3)32-42(4)36-46)38-62(58-29-27-55(59)63(57)64(56)58)54-26-24-48(44-17-9-6-10-18-44)50-20-12-14-22-52(50)54/h5-38H,1-4H3. The van der Waals surface area contributed by atoms with Crippen molar-refractivity contribution in [2.45, 2.75) is 27.7 Å². The number of hydrogen-bond donors (Lipinski definition) is 0. The van der Waals surface area contributed by atoms with Crippen LogP contribution in [0.5, 0.6) is 0 Å². The van der Waals surface area contributed by atoms with E-state index in [0.29, 0.717) is 0 Å². The van der Waals surface area contributed by atoms with Gasteiger partial charge in [0.1, 0.15) is 0 Å². The molecule has 0 heteroatoms. The van der Waals surface area contributed by atoms with Gasteiger partial charge in [0, 0.05) is 0 Å². The van der Waals surface area contributed by atoms with E-state index in [-0.39, 0.29) is 0 Å². The summed E-state index contributed by atoms with van der Waals surface area (Å²) < 4.78 is 0. The topological polar surface area (TPSA) is 0 Å². The van der Waals surface area contributed by atoms with Crippen molar-refractivity contribution in [1.82, 2.24) is 0 Å². The Morgan fingerprint density at radius 1 is 0.188 bits per heavy atom. The van der Waals surface area contributed by atoms with Crippen LogP contribution in [0.2, 0.25) is 0 Å². The fraction of sp³-hybridized carbons (Fsp3) is 0.0625. The molecule has 0 aliphatic rings. The Kier molecular flexibility index (Phi) is 8.85. The maximum atomic E-state index is 2.49. The van der Waals surface area contributed by atoms with Crippen LogP contribution in [-0.2, 0) is 0 Å². The van der Waals surface area contributed by atoms with Crippen LogP contribution in [0, 0.1) is 27.7 Å². The number of hydrogen-bond acceptors (Lipinski definition) is 0. The molecule has 12 rings (SSSR count). The number of rotatable bonds is 6. The van der Waals surface area contributed by atoms with Crippen molar-refractivity contribution in [3.63, 3.8) is 0 Å². The molecule has 0 aromatic heterocycles. The normalized spacial score (nSPS) is 11.8. The molecule has 64 heavy (non-hydrogen) atoms. The van der Waals surface area contributed by atoms with E-state index in [1.54, 1.807) is 0 Å². The van der Waals surface area contributed by atoms with Gasteiger partial charge < -0.3 is 0 Å². The molecule has 0 amide bonds. The Morgan fingerprint density at radius 2 is 0.484 bits per heavy atom. The van der Waals surface area contributed by atoms with Gasteiger partial charge in [0.05, 0.1) is 0 Å². The highest BCUT2D eigenvalue weighted by Crippen LogP contribution is 2.51. The molecule has 0 nitrogen and oxygen atoms in total. The summed E-state index contributed by atoms with van der Waals surface area (Å²) in [5.74, 6) is 0. The molecule has 0 atom stereocenters. The second-order valence-electron chi connectivity index (χ2n) is 17.9. The minimum Gasteiger partial charge on any atom is -0.0622 e. The molecule has 0 saturated carbocycles. The molecule has 0 heterocycles. The van der Waals surface area contributed by atoms with Gasteiger partial charge in [-0.15, -0.1) is 0 Å². The van der Waals surface area contributed by atoms with Crippen LogP contribution < -0.4 is 0 Å². The molecule has 0 spiro atoms. The maximum absolute atomic E-state index is 2.49. The molecular formula is C64H46. The summed E-state index contributed by atoms with van der Waals surface area (Å²) in [5, 5.41) is 12.8. The Labute approximate surface area is 375 Å². The smallest absolute Gasteiger partial charge is 0.00139 e. The van der Waals surface area contributed by atoms with Crippen LogP contribution in [0.4, 0.5) is 0 Å². The van der Waals surface area contributed by atoms with Gasteiger partial charge in [-0.25, -0.2) is 0 Å². The molecule has 0 unspecified atom stereocenters. The van der Waals surface area contributed by atoms with Crippen molar-refractivity contribution in [1.29, 1.82) is 0 Å². The minimum atomic E-state index is 1.23. The van der Waals surface area contributed by atoms with E-state index in [1.165, 1.54) is 143 Å². The lowest BCUT2D eigenvalue weighted by atomic mass is 9.80. The van der Waals surface area contributed by atoms with Crippen LogP contribution in [0.25, 0.3) is 121 Å². The number of fused-ring (bicyclic) bond motifs is 2. The fourth-order valence-corrected chi connectivity index (χ4v) is 11.0. The van der Waals surface area contributed by atoms with E-state index in [2.05, 4.69) is 234 Å². The first-order valence-electron chi connectivity index (χ1n) is 22.5. The molecule has 0 N–H and O–H groups in total. The highest BCUT2D eigenvalue weighted by atomic mass is 14.3. The molecule has 12 aromatic rings. The summed E-state index contributed by atoms with van der Waals surface area (Å²) in [6.45, 7) is 8.88. The van der Waals surface area contributed by atoms with E-state index in [9.17, 15) is 0 Å². The van der Waals surface area contributed by atoms with Gasteiger partial charge >= 0.3 is 0 Å². The summed E-state index contributed by atoms with van der Waals surface area (Å²) in [6.07, 6.45) is 0.